The molecule has 0 aromatic rings. The lowest BCUT2D eigenvalue weighted by Crippen LogP contribution is -2.48. The minimum absolute atomic E-state index is 0.222. The third kappa shape index (κ3) is 2.44. The Kier molecular flexibility index (Phi) is 3.91. The highest BCUT2D eigenvalue weighted by Crippen LogP contribution is 2.29. The molecule has 0 radical (unpaired) electrons. The van der Waals surface area contributed by atoms with Crippen molar-refractivity contribution < 1.29 is 9.59 Å². The van der Waals surface area contributed by atoms with Gasteiger partial charge in [-0.15, -0.1) is 0 Å². The van der Waals surface area contributed by atoms with Gasteiger partial charge in [0.15, 0.2) is 0 Å². The van der Waals surface area contributed by atoms with Gasteiger partial charge in [-0.05, 0) is 18.8 Å². The average molecular weight is 186 g/mol. The van der Waals surface area contributed by atoms with Crippen LogP contribution in [0.4, 0.5) is 0 Å². The molecule has 2 amide bonds. The molecular formula is C9H18N2O2. The van der Waals surface area contributed by atoms with E-state index in [4.69, 9.17) is 11.5 Å². The van der Waals surface area contributed by atoms with E-state index in [1.165, 1.54) is 0 Å². The molecule has 0 fully saturated rings. The number of carbonyl (C=O) groups excluding carboxylic acids is 2. The third-order valence-corrected chi connectivity index (χ3v) is 2.30. The SMILES string of the molecule is CCC(CC(C)C)(C(N)=O)C(N)=O. The second-order valence-corrected chi connectivity index (χ2v) is 3.76. The molecule has 4 nitrogen and oxygen atoms in total. The van der Waals surface area contributed by atoms with E-state index in [1.54, 1.807) is 6.92 Å². The lowest BCUT2D eigenvalue weighted by Gasteiger charge is -2.27. The number of carbonyl (C=O) groups is 2. The summed E-state index contributed by atoms with van der Waals surface area (Å²) in [6.45, 7) is 5.60. The van der Waals surface area contributed by atoms with Gasteiger partial charge >= 0.3 is 0 Å². The summed E-state index contributed by atoms with van der Waals surface area (Å²) in [7, 11) is 0. The first-order chi connectivity index (χ1) is 5.86. The second-order valence-electron chi connectivity index (χ2n) is 3.76. The molecule has 0 aliphatic heterocycles. The fourth-order valence-electron chi connectivity index (χ4n) is 1.51. The smallest absolute Gasteiger partial charge is 0.233 e. The molecule has 0 unspecified atom stereocenters. The highest BCUT2D eigenvalue weighted by molar-refractivity contribution is 6.03. The highest BCUT2D eigenvalue weighted by Gasteiger charge is 2.41. The van der Waals surface area contributed by atoms with Crippen molar-refractivity contribution in [2.45, 2.75) is 33.6 Å². The van der Waals surface area contributed by atoms with Crippen molar-refractivity contribution >= 4 is 11.8 Å². The molecule has 76 valence electrons. The van der Waals surface area contributed by atoms with Gasteiger partial charge in [0, 0.05) is 0 Å². The van der Waals surface area contributed by atoms with Crippen LogP contribution in [0.5, 0.6) is 0 Å². The van der Waals surface area contributed by atoms with E-state index >= 15 is 0 Å². The quantitative estimate of drug-likeness (QED) is 0.609. The van der Waals surface area contributed by atoms with Crippen molar-refractivity contribution in [2.24, 2.45) is 22.8 Å². The van der Waals surface area contributed by atoms with Gasteiger partial charge in [-0.1, -0.05) is 20.8 Å². The van der Waals surface area contributed by atoms with Gasteiger partial charge in [0.2, 0.25) is 11.8 Å². The van der Waals surface area contributed by atoms with Crippen LogP contribution in [0, 0.1) is 11.3 Å². The number of hydrogen-bond acceptors (Lipinski definition) is 2. The molecule has 0 aliphatic carbocycles. The van der Waals surface area contributed by atoms with Gasteiger partial charge in [0.05, 0.1) is 0 Å². The summed E-state index contributed by atoms with van der Waals surface area (Å²) in [5.74, 6) is -1.01. The van der Waals surface area contributed by atoms with Crippen LogP contribution in [-0.4, -0.2) is 11.8 Å². The minimum Gasteiger partial charge on any atom is -0.369 e. The monoisotopic (exact) mass is 186 g/mol. The Morgan fingerprint density at radius 2 is 1.62 bits per heavy atom. The van der Waals surface area contributed by atoms with Crippen molar-refractivity contribution in [1.82, 2.24) is 0 Å². The number of hydrogen-bond donors (Lipinski definition) is 2. The van der Waals surface area contributed by atoms with Gasteiger partial charge in [0.1, 0.15) is 5.41 Å². The normalized spacial score (nSPS) is 11.7. The zero-order valence-electron chi connectivity index (χ0n) is 8.46. The fourth-order valence-corrected chi connectivity index (χ4v) is 1.51. The molecular weight excluding hydrogens is 168 g/mol. The standard InChI is InChI=1S/C9H18N2O2/c1-4-9(7(10)12,8(11)13)5-6(2)3/h6H,4-5H2,1-3H3,(H2,10,12)(H2,11,13). The Morgan fingerprint density at radius 1 is 1.23 bits per heavy atom. The summed E-state index contributed by atoms with van der Waals surface area (Å²) in [4.78, 5) is 22.3. The summed E-state index contributed by atoms with van der Waals surface area (Å²) < 4.78 is 0. The lowest BCUT2D eigenvalue weighted by molar-refractivity contribution is -0.141. The predicted molar refractivity (Wildman–Crippen MR) is 50.6 cm³/mol. The summed E-state index contributed by atoms with van der Waals surface area (Å²) in [6.07, 6.45) is 0.796. The predicted octanol–water partition coefficient (Wildman–Crippen LogP) is 0.399. The third-order valence-electron chi connectivity index (χ3n) is 2.30. The molecule has 0 saturated carbocycles. The van der Waals surface area contributed by atoms with Crippen LogP contribution in [0.2, 0.25) is 0 Å². The maximum atomic E-state index is 11.2. The number of primary amides is 2. The van der Waals surface area contributed by atoms with Crippen LogP contribution in [0.25, 0.3) is 0 Å². The van der Waals surface area contributed by atoms with E-state index in [0.29, 0.717) is 12.8 Å². The topological polar surface area (TPSA) is 86.2 Å². The van der Waals surface area contributed by atoms with Crippen LogP contribution in [-0.2, 0) is 9.59 Å². The number of rotatable bonds is 5. The van der Waals surface area contributed by atoms with Gasteiger partial charge in [-0.25, -0.2) is 0 Å². The molecule has 0 spiro atoms. The molecule has 0 aromatic heterocycles. The number of amides is 2. The molecule has 0 atom stereocenters. The first kappa shape index (κ1) is 11.9. The van der Waals surface area contributed by atoms with Crippen molar-refractivity contribution in [3.8, 4) is 0 Å². The minimum atomic E-state index is -1.16. The zero-order valence-corrected chi connectivity index (χ0v) is 8.46. The Hall–Kier alpha value is -1.06. The molecule has 0 heterocycles. The first-order valence-corrected chi connectivity index (χ1v) is 4.46. The maximum Gasteiger partial charge on any atom is 0.233 e. The molecule has 13 heavy (non-hydrogen) atoms. The van der Waals surface area contributed by atoms with E-state index in [1.807, 2.05) is 13.8 Å². The van der Waals surface area contributed by atoms with Crippen LogP contribution >= 0.6 is 0 Å². The molecule has 0 aromatic carbocycles. The molecule has 0 rings (SSSR count). The van der Waals surface area contributed by atoms with Gasteiger partial charge in [0.25, 0.3) is 0 Å². The van der Waals surface area contributed by atoms with Crippen LogP contribution in [0.1, 0.15) is 33.6 Å². The van der Waals surface area contributed by atoms with Gasteiger partial charge < -0.3 is 11.5 Å². The summed E-state index contributed by atoms with van der Waals surface area (Å²) in [5.41, 5.74) is 9.22. The summed E-state index contributed by atoms with van der Waals surface area (Å²) in [6, 6.07) is 0. The maximum absolute atomic E-state index is 11.2. The van der Waals surface area contributed by atoms with E-state index in [2.05, 4.69) is 0 Å². The molecule has 0 saturated heterocycles. The molecule has 4 N–H and O–H groups in total. The highest BCUT2D eigenvalue weighted by atomic mass is 16.2. The fraction of sp³-hybridized carbons (Fsp3) is 0.778. The summed E-state index contributed by atoms with van der Waals surface area (Å²) >= 11 is 0. The van der Waals surface area contributed by atoms with E-state index in [-0.39, 0.29) is 5.92 Å². The number of nitrogens with two attached hydrogens (primary N) is 2. The second kappa shape index (κ2) is 4.25. The van der Waals surface area contributed by atoms with Crippen molar-refractivity contribution in [1.29, 1.82) is 0 Å². The molecule has 4 heteroatoms. The van der Waals surface area contributed by atoms with Crippen molar-refractivity contribution in [3.63, 3.8) is 0 Å². The van der Waals surface area contributed by atoms with Gasteiger partial charge in [-0.2, -0.15) is 0 Å². The van der Waals surface area contributed by atoms with Crippen LogP contribution in [0.15, 0.2) is 0 Å². The van der Waals surface area contributed by atoms with E-state index in [9.17, 15) is 9.59 Å². The van der Waals surface area contributed by atoms with Crippen LogP contribution < -0.4 is 11.5 Å². The lowest BCUT2D eigenvalue weighted by atomic mass is 9.76. The molecule has 0 aliphatic rings. The Bertz CT molecular complexity index is 198. The Labute approximate surface area is 78.7 Å². The van der Waals surface area contributed by atoms with Gasteiger partial charge in [-0.3, -0.25) is 9.59 Å². The van der Waals surface area contributed by atoms with E-state index < -0.39 is 17.2 Å². The molecule has 0 bridgehead atoms. The van der Waals surface area contributed by atoms with Crippen molar-refractivity contribution in [2.75, 3.05) is 0 Å². The zero-order chi connectivity index (χ0) is 10.6. The Balaban J connectivity index is 4.87. The summed E-state index contributed by atoms with van der Waals surface area (Å²) in [5, 5.41) is 0. The Morgan fingerprint density at radius 3 is 1.69 bits per heavy atom. The van der Waals surface area contributed by atoms with E-state index in [0.717, 1.165) is 0 Å². The average Bonchev–Trinajstić information content (AvgIpc) is 1.98. The van der Waals surface area contributed by atoms with Crippen LogP contribution in [0.3, 0.4) is 0 Å². The largest absolute Gasteiger partial charge is 0.369 e. The van der Waals surface area contributed by atoms with Crippen molar-refractivity contribution in [3.05, 3.63) is 0 Å². The first-order valence-electron chi connectivity index (χ1n) is 4.46.